The van der Waals surface area contributed by atoms with Crippen LogP contribution in [0, 0.1) is 13.8 Å². The second-order valence-corrected chi connectivity index (χ2v) is 9.01. The largest absolute Gasteiger partial charge is 0.325 e. The molecule has 0 aliphatic carbocycles. The zero-order valence-corrected chi connectivity index (χ0v) is 18.4. The second-order valence-electron chi connectivity index (χ2n) is 6.39. The molecular formula is C21H20ClN3O2S2. The molecule has 2 aromatic carbocycles. The number of thioether (sulfide) groups is 1. The fraction of sp³-hybridized carbons (Fsp3) is 0.190. The first-order valence-corrected chi connectivity index (χ1v) is 11.2. The van der Waals surface area contributed by atoms with Crippen LogP contribution in [0.15, 0.2) is 48.5 Å². The van der Waals surface area contributed by atoms with Crippen molar-refractivity contribution in [3.63, 3.8) is 0 Å². The van der Waals surface area contributed by atoms with Crippen molar-refractivity contribution < 1.29 is 9.59 Å². The van der Waals surface area contributed by atoms with Crippen molar-refractivity contribution in [2.24, 2.45) is 0 Å². The van der Waals surface area contributed by atoms with E-state index in [1.54, 1.807) is 0 Å². The molecule has 0 aliphatic heterocycles. The van der Waals surface area contributed by atoms with Crippen molar-refractivity contribution in [1.29, 1.82) is 0 Å². The highest BCUT2D eigenvalue weighted by atomic mass is 35.5. The lowest BCUT2D eigenvalue weighted by atomic mass is 10.1. The Hall–Kier alpha value is -2.35. The third-order valence-corrected chi connectivity index (χ3v) is 6.00. The topological polar surface area (TPSA) is 71.1 Å². The molecule has 1 aromatic heterocycles. The van der Waals surface area contributed by atoms with E-state index < -0.39 is 0 Å². The van der Waals surface area contributed by atoms with Gasteiger partial charge in [0.15, 0.2) is 5.13 Å². The smallest absolute Gasteiger partial charge is 0.236 e. The van der Waals surface area contributed by atoms with Gasteiger partial charge in [-0.15, -0.1) is 23.1 Å². The molecule has 1 heterocycles. The van der Waals surface area contributed by atoms with Crippen LogP contribution in [0.4, 0.5) is 10.8 Å². The van der Waals surface area contributed by atoms with Crippen LogP contribution in [0.1, 0.15) is 10.4 Å². The number of hydrogen-bond donors (Lipinski definition) is 2. The van der Waals surface area contributed by atoms with Gasteiger partial charge in [0, 0.05) is 21.2 Å². The molecule has 0 fully saturated rings. The first-order valence-electron chi connectivity index (χ1n) is 8.88. The molecule has 2 N–H and O–H groups in total. The maximum atomic E-state index is 12.2. The predicted molar refractivity (Wildman–Crippen MR) is 123 cm³/mol. The lowest BCUT2D eigenvalue weighted by molar-refractivity contribution is -0.114. The summed E-state index contributed by atoms with van der Waals surface area (Å²) < 4.78 is 0. The number of anilines is 2. The number of amides is 2. The van der Waals surface area contributed by atoms with Gasteiger partial charge in [-0.05, 0) is 43.7 Å². The highest BCUT2D eigenvalue weighted by Gasteiger charge is 2.13. The van der Waals surface area contributed by atoms with E-state index in [1.807, 2.05) is 62.4 Å². The van der Waals surface area contributed by atoms with Crippen LogP contribution in [-0.2, 0) is 9.59 Å². The quantitative estimate of drug-likeness (QED) is 0.511. The van der Waals surface area contributed by atoms with Crippen LogP contribution in [0.2, 0.25) is 5.02 Å². The highest BCUT2D eigenvalue weighted by Crippen LogP contribution is 2.31. The molecule has 5 nitrogen and oxygen atoms in total. The predicted octanol–water partition coefficient (Wildman–Crippen LogP) is 5.39. The number of benzene rings is 2. The van der Waals surface area contributed by atoms with Crippen molar-refractivity contribution in [1.82, 2.24) is 4.98 Å². The summed E-state index contributed by atoms with van der Waals surface area (Å²) in [6.45, 7) is 3.93. The number of rotatable bonds is 7. The van der Waals surface area contributed by atoms with Crippen molar-refractivity contribution >= 4 is 57.3 Å². The van der Waals surface area contributed by atoms with Crippen LogP contribution >= 0.6 is 34.7 Å². The van der Waals surface area contributed by atoms with Gasteiger partial charge in [0.1, 0.15) is 0 Å². The number of aryl methyl sites for hydroxylation is 2. The monoisotopic (exact) mass is 445 g/mol. The third-order valence-electron chi connectivity index (χ3n) is 3.93. The number of aromatic nitrogens is 1. The first-order chi connectivity index (χ1) is 13.9. The lowest BCUT2D eigenvalue weighted by Gasteiger charge is -2.06. The number of thiazole rings is 1. The van der Waals surface area contributed by atoms with Crippen LogP contribution in [0.5, 0.6) is 0 Å². The molecule has 0 saturated heterocycles. The van der Waals surface area contributed by atoms with E-state index >= 15 is 0 Å². The minimum atomic E-state index is -0.185. The Morgan fingerprint density at radius 3 is 2.41 bits per heavy atom. The van der Waals surface area contributed by atoms with E-state index in [4.69, 9.17) is 11.6 Å². The summed E-state index contributed by atoms with van der Waals surface area (Å²) in [4.78, 5) is 29.7. The van der Waals surface area contributed by atoms with Gasteiger partial charge in [-0.2, -0.15) is 0 Å². The van der Waals surface area contributed by atoms with E-state index in [2.05, 4.69) is 15.6 Å². The number of carbonyl (C=O) groups is 2. The number of carbonyl (C=O) groups excluding carboxylic acids is 2. The van der Waals surface area contributed by atoms with Gasteiger partial charge in [0.25, 0.3) is 0 Å². The molecule has 150 valence electrons. The Balaban J connectivity index is 1.48. The molecule has 8 heteroatoms. The summed E-state index contributed by atoms with van der Waals surface area (Å²) in [7, 11) is 0. The van der Waals surface area contributed by atoms with E-state index in [0.717, 1.165) is 27.4 Å². The molecule has 0 saturated carbocycles. The summed E-state index contributed by atoms with van der Waals surface area (Å²) >= 11 is 8.61. The summed E-state index contributed by atoms with van der Waals surface area (Å²) in [5, 5.41) is 6.84. The standard InChI is InChI=1S/C21H20ClN3O2S2/c1-13-4-3-5-17(10-13)23-18(26)11-28-12-19(27)24-21-25-20(14(2)29-21)15-6-8-16(22)9-7-15/h3-10H,11-12H2,1-2H3,(H,23,26)(H,24,25,27). The minimum absolute atomic E-state index is 0.136. The fourth-order valence-corrected chi connectivity index (χ4v) is 4.23. The summed E-state index contributed by atoms with van der Waals surface area (Å²) in [5.74, 6) is 0.0584. The SMILES string of the molecule is Cc1cccc(NC(=O)CSCC(=O)Nc2nc(-c3ccc(Cl)cc3)c(C)s2)c1. The van der Waals surface area contributed by atoms with Crippen LogP contribution in [0.25, 0.3) is 11.3 Å². The number of halogens is 1. The Kier molecular flexibility index (Phi) is 7.30. The van der Waals surface area contributed by atoms with Crippen molar-refractivity contribution in [3.8, 4) is 11.3 Å². The molecular weight excluding hydrogens is 426 g/mol. The maximum absolute atomic E-state index is 12.2. The lowest BCUT2D eigenvalue weighted by Crippen LogP contribution is -2.18. The molecule has 2 amide bonds. The molecule has 3 rings (SSSR count). The van der Waals surface area contributed by atoms with Gasteiger partial charge in [-0.25, -0.2) is 4.98 Å². The molecule has 0 radical (unpaired) electrons. The van der Waals surface area contributed by atoms with Crippen molar-refractivity contribution in [2.45, 2.75) is 13.8 Å². The summed E-state index contributed by atoms with van der Waals surface area (Å²) in [6.07, 6.45) is 0. The van der Waals surface area contributed by atoms with Crippen LogP contribution in [0.3, 0.4) is 0 Å². The average Bonchev–Trinajstić information content (AvgIpc) is 3.02. The van der Waals surface area contributed by atoms with E-state index in [1.165, 1.54) is 23.1 Å². The average molecular weight is 446 g/mol. The van der Waals surface area contributed by atoms with E-state index in [9.17, 15) is 9.59 Å². The Morgan fingerprint density at radius 1 is 1.03 bits per heavy atom. The summed E-state index contributed by atoms with van der Waals surface area (Å²) in [5.41, 5.74) is 3.61. The van der Waals surface area contributed by atoms with Crippen molar-refractivity contribution in [3.05, 3.63) is 64.0 Å². The Bertz CT molecular complexity index is 1020. The molecule has 0 aliphatic rings. The molecule has 0 spiro atoms. The van der Waals surface area contributed by atoms with Gasteiger partial charge in [-0.3, -0.25) is 9.59 Å². The molecule has 0 unspecified atom stereocenters. The minimum Gasteiger partial charge on any atom is -0.325 e. The fourth-order valence-electron chi connectivity index (χ4n) is 2.64. The van der Waals surface area contributed by atoms with Gasteiger partial charge in [0.05, 0.1) is 17.2 Å². The van der Waals surface area contributed by atoms with E-state index in [-0.39, 0.29) is 23.3 Å². The third kappa shape index (κ3) is 6.32. The Labute approximate surface area is 182 Å². The number of nitrogens with one attached hydrogen (secondary N) is 2. The van der Waals surface area contributed by atoms with Gasteiger partial charge in [-0.1, -0.05) is 35.9 Å². The molecule has 0 bridgehead atoms. The van der Waals surface area contributed by atoms with Crippen LogP contribution < -0.4 is 10.6 Å². The Morgan fingerprint density at radius 2 is 1.72 bits per heavy atom. The first kappa shape index (κ1) is 21.4. The maximum Gasteiger partial charge on any atom is 0.236 e. The zero-order valence-electron chi connectivity index (χ0n) is 16.0. The molecule has 3 aromatic rings. The van der Waals surface area contributed by atoms with Gasteiger partial charge < -0.3 is 10.6 Å². The van der Waals surface area contributed by atoms with Gasteiger partial charge in [0.2, 0.25) is 11.8 Å². The second kappa shape index (κ2) is 9.91. The zero-order chi connectivity index (χ0) is 20.8. The normalized spacial score (nSPS) is 10.6. The van der Waals surface area contributed by atoms with E-state index in [0.29, 0.717) is 10.2 Å². The van der Waals surface area contributed by atoms with Gasteiger partial charge >= 0.3 is 0 Å². The van der Waals surface area contributed by atoms with Crippen molar-refractivity contribution in [2.75, 3.05) is 22.1 Å². The summed E-state index contributed by atoms with van der Waals surface area (Å²) in [6, 6.07) is 15.0. The van der Waals surface area contributed by atoms with Crippen LogP contribution in [-0.4, -0.2) is 28.3 Å². The highest BCUT2D eigenvalue weighted by molar-refractivity contribution is 8.00. The molecule has 29 heavy (non-hydrogen) atoms. The molecule has 0 atom stereocenters. The number of nitrogens with zero attached hydrogens (tertiary/aromatic N) is 1. The number of hydrogen-bond acceptors (Lipinski definition) is 5.